The second-order valence-corrected chi connectivity index (χ2v) is 7.01. The van der Waals surface area contributed by atoms with E-state index >= 15 is 0 Å². The fraction of sp³-hybridized carbons (Fsp3) is 0.579. The van der Waals surface area contributed by atoms with Gasteiger partial charge in [0.1, 0.15) is 0 Å². The first kappa shape index (κ1) is 23.0. The number of likely N-dealkylation sites (tertiary alicyclic amines) is 1. The monoisotopic (exact) mass is 492 g/mol. The number of hydrogen-bond donors (Lipinski definition) is 2. The number of rotatable bonds is 6. The molecule has 0 aromatic heterocycles. The summed E-state index contributed by atoms with van der Waals surface area (Å²) in [6.07, 6.45) is 3.67. The van der Waals surface area contributed by atoms with E-state index in [-0.39, 0.29) is 29.9 Å². The van der Waals surface area contributed by atoms with Crippen LogP contribution in [0.15, 0.2) is 29.3 Å². The van der Waals surface area contributed by atoms with E-state index in [9.17, 15) is 4.79 Å². The second-order valence-electron chi connectivity index (χ2n) is 6.60. The second kappa shape index (κ2) is 12.4. The molecule has 146 valence electrons. The number of aliphatic imine (C=N–C) groups is 1. The fourth-order valence-corrected chi connectivity index (χ4v) is 3.33. The van der Waals surface area contributed by atoms with Crippen molar-refractivity contribution in [3.8, 4) is 0 Å². The number of guanidine groups is 1. The third kappa shape index (κ3) is 7.70. The van der Waals surface area contributed by atoms with Gasteiger partial charge >= 0.3 is 0 Å². The van der Waals surface area contributed by atoms with Gasteiger partial charge in [-0.25, -0.2) is 0 Å². The van der Waals surface area contributed by atoms with Gasteiger partial charge in [-0.15, -0.1) is 24.0 Å². The minimum Gasteiger partial charge on any atom is -0.356 e. The Morgan fingerprint density at radius 2 is 2.04 bits per heavy atom. The predicted octanol–water partition coefficient (Wildman–Crippen LogP) is 3.31. The molecule has 1 unspecified atom stereocenters. The Balaban J connectivity index is 0.00000338. The van der Waals surface area contributed by atoms with Crippen LogP contribution in [0.25, 0.3) is 0 Å². The minimum absolute atomic E-state index is 0. The van der Waals surface area contributed by atoms with Crippen molar-refractivity contribution in [1.82, 2.24) is 15.5 Å². The summed E-state index contributed by atoms with van der Waals surface area (Å²) in [7, 11) is 1.74. The van der Waals surface area contributed by atoms with E-state index < -0.39 is 0 Å². The fourth-order valence-electron chi connectivity index (χ4n) is 3.10. The molecule has 26 heavy (non-hydrogen) atoms. The van der Waals surface area contributed by atoms with Gasteiger partial charge in [-0.1, -0.05) is 36.7 Å². The molecule has 1 aromatic rings. The Kier molecular flexibility index (Phi) is 11.0. The minimum atomic E-state index is 0. The number of halogens is 2. The first-order valence-electron chi connectivity index (χ1n) is 9.06. The maximum atomic E-state index is 12.3. The summed E-state index contributed by atoms with van der Waals surface area (Å²) in [4.78, 5) is 18.5. The molecular weight excluding hydrogens is 463 g/mol. The van der Waals surface area contributed by atoms with Crippen molar-refractivity contribution >= 4 is 47.4 Å². The topological polar surface area (TPSA) is 56.7 Å². The Morgan fingerprint density at radius 1 is 1.31 bits per heavy atom. The number of hydrogen-bond acceptors (Lipinski definition) is 2. The van der Waals surface area contributed by atoms with Crippen LogP contribution in [-0.4, -0.2) is 50.0 Å². The van der Waals surface area contributed by atoms with Crippen LogP contribution in [0.1, 0.15) is 31.7 Å². The van der Waals surface area contributed by atoms with Crippen LogP contribution in [0.4, 0.5) is 0 Å². The molecule has 1 aliphatic heterocycles. The van der Waals surface area contributed by atoms with Crippen molar-refractivity contribution in [2.24, 2.45) is 10.9 Å². The van der Waals surface area contributed by atoms with E-state index in [1.165, 1.54) is 6.42 Å². The molecule has 1 saturated heterocycles. The predicted molar refractivity (Wildman–Crippen MR) is 120 cm³/mol. The quantitative estimate of drug-likeness (QED) is 0.364. The lowest BCUT2D eigenvalue weighted by Crippen LogP contribution is -2.42. The Hall–Kier alpha value is -1.02. The smallest absolute Gasteiger partial charge is 0.224 e. The van der Waals surface area contributed by atoms with Crippen LogP contribution in [0.3, 0.4) is 0 Å². The molecule has 0 aliphatic carbocycles. The molecule has 7 heteroatoms. The average molecular weight is 493 g/mol. The van der Waals surface area contributed by atoms with E-state index in [1.54, 1.807) is 7.05 Å². The molecule has 1 aliphatic rings. The summed E-state index contributed by atoms with van der Waals surface area (Å²) in [5.41, 5.74) is 1.11. The molecule has 1 amide bonds. The maximum Gasteiger partial charge on any atom is 0.224 e. The lowest BCUT2D eigenvalue weighted by molar-refractivity contribution is -0.132. The van der Waals surface area contributed by atoms with Crippen LogP contribution in [0.5, 0.6) is 0 Å². The highest BCUT2D eigenvalue weighted by Gasteiger charge is 2.20. The van der Waals surface area contributed by atoms with E-state index in [0.29, 0.717) is 24.8 Å². The highest BCUT2D eigenvalue weighted by molar-refractivity contribution is 14.0. The lowest BCUT2D eigenvalue weighted by Gasteiger charge is -2.31. The molecule has 1 aromatic carbocycles. The molecule has 1 atom stereocenters. The molecule has 0 saturated carbocycles. The summed E-state index contributed by atoms with van der Waals surface area (Å²) in [6, 6.07) is 7.84. The normalized spacial score (nSPS) is 17.4. The van der Waals surface area contributed by atoms with Gasteiger partial charge in [0.2, 0.25) is 5.91 Å². The van der Waals surface area contributed by atoms with Crippen molar-refractivity contribution in [1.29, 1.82) is 0 Å². The number of amides is 1. The molecule has 1 fully saturated rings. The number of carbonyl (C=O) groups is 1. The highest BCUT2D eigenvalue weighted by atomic mass is 127. The van der Waals surface area contributed by atoms with Crippen LogP contribution >= 0.6 is 35.6 Å². The van der Waals surface area contributed by atoms with Crippen molar-refractivity contribution in [2.45, 2.75) is 32.6 Å². The molecule has 2 rings (SSSR count). The van der Waals surface area contributed by atoms with Crippen molar-refractivity contribution in [3.05, 3.63) is 34.9 Å². The zero-order valence-corrected chi connectivity index (χ0v) is 18.7. The van der Waals surface area contributed by atoms with Crippen molar-refractivity contribution in [3.63, 3.8) is 0 Å². The first-order valence-corrected chi connectivity index (χ1v) is 9.43. The molecule has 0 bridgehead atoms. The van der Waals surface area contributed by atoms with Gasteiger partial charge in [0.15, 0.2) is 5.96 Å². The Labute approximate surface area is 179 Å². The Bertz CT molecular complexity index is 597. The van der Waals surface area contributed by atoms with Crippen LogP contribution in [-0.2, 0) is 11.2 Å². The van der Waals surface area contributed by atoms with E-state index in [2.05, 4.69) is 22.5 Å². The summed E-state index contributed by atoms with van der Waals surface area (Å²) in [5, 5.41) is 7.26. The van der Waals surface area contributed by atoms with Gasteiger partial charge in [0.25, 0.3) is 0 Å². The SMILES string of the molecule is CN=C(NCCC(=O)N1CCCC(C)C1)NCCc1ccccc1Cl.I. The molecule has 0 radical (unpaired) electrons. The average Bonchev–Trinajstić information content (AvgIpc) is 2.61. The van der Waals surface area contributed by atoms with E-state index in [4.69, 9.17) is 11.6 Å². The molecular formula is C19H30ClIN4O. The summed E-state index contributed by atoms with van der Waals surface area (Å²) < 4.78 is 0. The van der Waals surface area contributed by atoms with E-state index in [1.807, 2.05) is 29.2 Å². The number of nitrogens with zero attached hydrogens (tertiary/aromatic N) is 2. The number of piperidine rings is 1. The van der Waals surface area contributed by atoms with Gasteiger partial charge in [-0.05, 0) is 36.8 Å². The molecule has 2 N–H and O–H groups in total. The third-order valence-corrected chi connectivity index (χ3v) is 4.88. The number of carbonyl (C=O) groups excluding carboxylic acids is 1. The largest absolute Gasteiger partial charge is 0.356 e. The van der Waals surface area contributed by atoms with Crippen LogP contribution < -0.4 is 10.6 Å². The molecule has 1 heterocycles. The third-order valence-electron chi connectivity index (χ3n) is 4.51. The van der Waals surface area contributed by atoms with Crippen molar-refractivity contribution < 1.29 is 4.79 Å². The summed E-state index contributed by atoms with van der Waals surface area (Å²) >= 11 is 6.16. The Morgan fingerprint density at radius 3 is 2.73 bits per heavy atom. The summed E-state index contributed by atoms with van der Waals surface area (Å²) in [5.74, 6) is 1.56. The standard InChI is InChI=1S/C19H29ClN4O.HI/c1-15-6-5-13-24(14-15)18(25)10-12-23-19(21-2)22-11-9-16-7-3-4-8-17(16)20;/h3-4,7-8,15H,5-6,9-14H2,1-2H3,(H2,21,22,23);1H. The van der Waals surface area contributed by atoms with Crippen LogP contribution in [0, 0.1) is 5.92 Å². The van der Waals surface area contributed by atoms with Gasteiger partial charge in [0, 0.05) is 44.7 Å². The zero-order valence-electron chi connectivity index (χ0n) is 15.6. The van der Waals surface area contributed by atoms with E-state index in [0.717, 1.165) is 43.1 Å². The van der Waals surface area contributed by atoms with Gasteiger partial charge in [-0.3, -0.25) is 9.79 Å². The zero-order chi connectivity index (χ0) is 18.1. The molecule has 5 nitrogen and oxygen atoms in total. The highest BCUT2D eigenvalue weighted by Crippen LogP contribution is 2.16. The number of benzene rings is 1. The van der Waals surface area contributed by atoms with Gasteiger partial charge in [-0.2, -0.15) is 0 Å². The molecule has 0 spiro atoms. The summed E-state index contributed by atoms with van der Waals surface area (Å²) in [6.45, 7) is 5.33. The van der Waals surface area contributed by atoms with Crippen LogP contribution in [0.2, 0.25) is 5.02 Å². The lowest BCUT2D eigenvalue weighted by atomic mass is 10.00. The number of nitrogens with one attached hydrogen (secondary N) is 2. The maximum absolute atomic E-state index is 12.3. The van der Waals surface area contributed by atoms with Gasteiger partial charge < -0.3 is 15.5 Å². The van der Waals surface area contributed by atoms with Gasteiger partial charge in [0.05, 0.1) is 0 Å². The van der Waals surface area contributed by atoms with Crippen molar-refractivity contribution in [2.75, 3.05) is 33.2 Å². The first-order chi connectivity index (χ1) is 12.1.